The Kier molecular flexibility index (Phi) is 4.70. The molecular formula is C14H19FN2O. The molecule has 1 unspecified atom stereocenters. The van der Waals surface area contributed by atoms with Gasteiger partial charge in [-0.15, -0.1) is 0 Å². The van der Waals surface area contributed by atoms with Gasteiger partial charge in [-0.25, -0.2) is 4.39 Å². The van der Waals surface area contributed by atoms with Crippen molar-refractivity contribution in [3.8, 4) is 0 Å². The van der Waals surface area contributed by atoms with E-state index in [-0.39, 0.29) is 11.7 Å². The summed E-state index contributed by atoms with van der Waals surface area (Å²) in [5.41, 5.74) is 0.843. The number of carbonyl (C=O) groups excluding carboxylic acids is 1. The van der Waals surface area contributed by atoms with Gasteiger partial charge in [0.05, 0.1) is 6.42 Å². The Labute approximate surface area is 107 Å². The van der Waals surface area contributed by atoms with E-state index in [0.717, 1.165) is 25.2 Å². The molecule has 1 aliphatic heterocycles. The Bertz CT molecular complexity index is 385. The minimum atomic E-state index is -0.271. The van der Waals surface area contributed by atoms with Gasteiger partial charge < -0.3 is 10.6 Å². The molecule has 18 heavy (non-hydrogen) atoms. The van der Waals surface area contributed by atoms with Gasteiger partial charge in [0, 0.05) is 6.54 Å². The minimum Gasteiger partial charge on any atom is -0.355 e. The zero-order valence-corrected chi connectivity index (χ0v) is 10.4. The molecule has 1 fully saturated rings. The Morgan fingerprint density at radius 1 is 1.39 bits per heavy atom. The highest BCUT2D eigenvalue weighted by molar-refractivity contribution is 5.78. The lowest BCUT2D eigenvalue weighted by molar-refractivity contribution is -0.120. The van der Waals surface area contributed by atoms with Gasteiger partial charge >= 0.3 is 0 Å². The molecule has 1 heterocycles. The Balaban J connectivity index is 1.73. The van der Waals surface area contributed by atoms with Gasteiger partial charge in [-0.3, -0.25) is 4.79 Å². The van der Waals surface area contributed by atoms with E-state index in [1.807, 2.05) is 0 Å². The Morgan fingerprint density at radius 2 is 2.17 bits per heavy atom. The highest BCUT2D eigenvalue weighted by Crippen LogP contribution is 2.08. The SMILES string of the molecule is O=C(Cc1ccc(F)cc1)NCC1CCCNC1. The molecule has 0 aliphatic carbocycles. The van der Waals surface area contributed by atoms with E-state index in [1.165, 1.54) is 25.0 Å². The van der Waals surface area contributed by atoms with E-state index in [4.69, 9.17) is 0 Å². The number of benzene rings is 1. The smallest absolute Gasteiger partial charge is 0.224 e. The fraction of sp³-hybridized carbons (Fsp3) is 0.500. The van der Waals surface area contributed by atoms with E-state index in [1.54, 1.807) is 12.1 Å². The van der Waals surface area contributed by atoms with Crippen molar-refractivity contribution in [2.75, 3.05) is 19.6 Å². The van der Waals surface area contributed by atoms with Crippen molar-refractivity contribution in [1.82, 2.24) is 10.6 Å². The van der Waals surface area contributed by atoms with Gasteiger partial charge in [0.2, 0.25) is 5.91 Å². The van der Waals surface area contributed by atoms with Gasteiger partial charge in [-0.1, -0.05) is 12.1 Å². The number of halogens is 1. The van der Waals surface area contributed by atoms with E-state index >= 15 is 0 Å². The topological polar surface area (TPSA) is 41.1 Å². The lowest BCUT2D eigenvalue weighted by Crippen LogP contribution is -2.38. The number of piperidine rings is 1. The van der Waals surface area contributed by atoms with Gasteiger partial charge in [0.15, 0.2) is 0 Å². The van der Waals surface area contributed by atoms with Crippen molar-refractivity contribution >= 4 is 5.91 Å². The number of carbonyl (C=O) groups is 1. The fourth-order valence-electron chi connectivity index (χ4n) is 2.21. The van der Waals surface area contributed by atoms with Crippen LogP contribution in [-0.2, 0) is 11.2 Å². The van der Waals surface area contributed by atoms with Gasteiger partial charge in [0.25, 0.3) is 0 Å². The predicted octanol–water partition coefficient (Wildman–Crippen LogP) is 1.48. The average Bonchev–Trinajstić information content (AvgIpc) is 2.40. The summed E-state index contributed by atoms with van der Waals surface area (Å²) in [7, 11) is 0. The van der Waals surface area contributed by atoms with E-state index < -0.39 is 0 Å². The van der Waals surface area contributed by atoms with Crippen LogP contribution in [0, 0.1) is 11.7 Å². The van der Waals surface area contributed by atoms with Gasteiger partial charge in [0.1, 0.15) is 5.82 Å². The highest BCUT2D eigenvalue weighted by Gasteiger charge is 2.13. The average molecular weight is 250 g/mol. The second-order valence-electron chi connectivity index (χ2n) is 4.82. The summed E-state index contributed by atoms with van der Waals surface area (Å²) in [5, 5.41) is 6.26. The summed E-state index contributed by atoms with van der Waals surface area (Å²) < 4.78 is 12.7. The van der Waals surface area contributed by atoms with Crippen LogP contribution in [0.4, 0.5) is 4.39 Å². The molecule has 1 amide bonds. The van der Waals surface area contributed by atoms with Crippen LogP contribution in [0.2, 0.25) is 0 Å². The van der Waals surface area contributed by atoms with Crippen LogP contribution in [0.15, 0.2) is 24.3 Å². The van der Waals surface area contributed by atoms with Gasteiger partial charge in [-0.2, -0.15) is 0 Å². The molecule has 4 heteroatoms. The number of amides is 1. The summed E-state index contributed by atoms with van der Waals surface area (Å²) in [5.74, 6) is 0.274. The van der Waals surface area contributed by atoms with Crippen LogP contribution in [0.5, 0.6) is 0 Å². The van der Waals surface area contributed by atoms with E-state index in [9.17, 15) is 9.18 Å². The van der Waals surface area contributed by atoms with Gasteiger partial charge in [-0.05, 0) is 49.5 Å². The fourth-order valence-corrected chi connectivity index (χ4v) is 2.21. The van der Waals surface area contributed by atoms with Crippen LogP contribution >= 0.6 is 0 Å². The van der Waals surface area contributed by atoms with Crippen molar-refractivity contribution < 1.29 is 9.18 Å². The molecule has 1 aromatic carbocycles. The van der Waals surface area contributed by atoms with Crippen molar-refractivity contribution in [3.05, 3.63) is 35.6 Å². The molecule has 0 spiro atoms. The third-order valence-electron chi connectivity index (χ3n) is 3.26. The summed E-state index contributed by atoms with van der Waals surface area (Å²) in [4.78, 5) is 11.7. The van der Waals surface area contributed by atoms with Crippen LogP contribution in [0.1, 0.15) is 18.4 Å². The van der Waals surface area contributed by atoms with Crippen molar-refractivity contribution in [1.29, 1.82) is 0 Å². The quantitative estimate of drug-likeness (QED) is 0.850. The first-order valence-corrected chi connectivity index (χ1v) is 6.46. The first kappa shape index (κ1) is 13.0. The summed E-state index contributed by atoms with van der Waals surface area (Å²) in [6.45, 7) is 2.80. The predicted molar refractivity (Wildman–Crippen MR) is 68.7 cm³/mol. The number of hydrogen-bond donors (Lipinski definition) is 2. The maximum atomic E-state index is 12.7. The molecule has 1 atom stereocenters. The third kappa shape index (κ3) is 4.11. The molecule has 0 bridgehead atoms. The number of rotatable bonds is 4. The largest absolute Gasteiger partial charge is 0.355 e. The highest BCUT2D eigenvalue weighted by atomic mass is 19.1. The molecule has 3 nitrogen and oxygen atoms in total. The summed E-state index contributed by atoms with van der Waals surface area (Å²) in [6.07, 6.45) is 2.67. The van der Waals surface area contributed by atoms with Crippen LogP contribution < -0.4 is 10.6 Å². The summed E-state index contributed by atoms with van der Waals surface area (Å²) in [6, 6.07) is 6.06. The zero-order valence-electron chi connectivity index (χ0n) is 10.4. The minimum absolute atomic E-state index is 0.00665. The standard InChI is InChI=1S/C14H19FN2O/c15-13-5-3-11(4-6-13)8-14(18)17-10-12-2-1-7-16-9-12/h3-6,12,16H,1-2,7-10H2,(H,17,18). The van der Waals surface area contributed by atoms with Crippen LogP contribution in [0.25, 0.3) is 0 Å². The Hall–Kier alpha value is -1.42. The second kappa shape index (κ2) is 6.50. The molecular weight excluding hydrogens is 231 g/mol. The molecule has 2 rings (SSSR count). The molecule has 98 valence electrons. The molecule has 0 aromatic heterocycles. The normalized spacial score (nSPS) is 19.5. The molecule has 2 N–H and O–H groups in total. The van der Waals surface area contributed by atoms with Crippen molar-refractivity contribution in [3.63, 3.8) is 0 Å². The van der Waals surface area contributed by atoms with Crippen LogP contribution in [-0.4, -0.2) is 25.5 Å². The maximum Gasteiger partial charge on any atom is 0.224 e. The van der Waals surface area contributed by atoms with Crippen molar-refractivity contribution in [2.45, 2.75) is 19.3 Å². The monoisotopic (exact) mass is 250 g/mol. The molecule has 0 saturated carbocycles. The molecule has 1 saturated heterocycles. The Morgan fingerprint density at radius 3 is 2.83 bits per heavy atom. The first-order chi connectivity index (χ1) is 8.74. The molecule has 1 aromatic rings. The lowest BCUT2D eigenvalue weighted by Gasteiger charge is -2.22. The van der Waals surface area contributed by atoms with Crippen molar-refractivity contribution in [2.24, 2.45) is 5.92 Å². The lowest BCUT2D eigenvalue weighted by atomic mass is 10.00. The first-order valence-electron chi connectivity index (χ1n) is 6.46. The van der Waals surface area contributed by atoms with E-state index in [2.05, 4.69) is 10.6 Å². The number of hydrogen-bond acceptors (Lipinski definition) is 2. The second-order valence-corrected chi connectivity index (χ2v) is 4.82. The van der Waals surface area contributed by atoms with E-state index in [0.29, 0.717) is 12.3 Å². The maximum absolute atomic E-state index is 12.7. The number of nitrogens with one attached hydrogen (secondary N) is 2. The zero-order chi connectivity index (χ0) is 12.8. The molecule has 0 radical (unpaired) electrons. The summed E-state index contributed by atoms with van der Waals surface area (Å²) >= 11 is 0. The third-order valence-corrected chi connectivity index (χ3v) is 3.26. The molecule has 1 aliphatic rings. The van der Waals surface area contributed by atoms with Crippen LogP contribution in [0.3, 0.4) is 0 Å².